The Hall–Kier alpha value is -0.350. The predicted octanol–water partition coefficient (Wildman–Crippen LogP) is 1.67. The van der Waals surface area contributed by atoms with E-state index in [0.29, 0.717) is 5.92 Å². The Labute approximate surface area is 97.4 Å². The second kappa shape index (κ2) is 7.01. The molecule has 0 saturated heterocycles. The molecule has 0 unspecified atom stereocenters. The van der Waals surface area contributed by atoms with Crippen LogP contribution in [0.5, 0.6) is 0 Å². The van der Waals surface area contributed by atoms with E-state index in [1.165, 1.54) is 0 Å². The summed E-state index contributed by atoms with van der Waals surface area (Å²) in [6.45, 7) is 8.51. The SMILES string of the molecule is CC(C)CN[C@H](CC(=O)C(C)C)C(=O)S. The van der Waals surface area contributed by atoms with Crippen molar-refractivity contribution >= 4 is 23.5 Å². The molecule has 0 spiro atoms. The molecule has 1 N–H and O–H groups in total. The van der Waals surface area contributed by atoms with Gasteiger partial charge in [-0.25, -0.2) is 0 Å². The lowest BCUT2D eigenvalue weighted by Crippen LogP contribution is -2.39. The van der Waals surface area contributed by atoms with Gasteiger partial charge in [-0.1, -0.05) is 27.7 Å². The number of hydrogen-bond donors (Lipinski definition) is 2. The van der Waals surface area contributed by atoms with Crippen LogP contribution in [-0.2, 0) is 9.59 Å². The van der Waals surface area contributed by atoms with E-state index in [4.69, 9.17) is 0 Å². The van der Waals surface area contributed by atoms with Crippen molar-refractivity contribution in [2.24, 2.45) is 11.8 Å². The molecule has 0 aromatic rings. The van der Waals surface area contributed by atoms with Crippen molar-refractivity contribution < 1.29 is 9.59 Å². The third kappa shape index (κ3) is 6.68. The van der Waals surface area contributed by atoms with Crippen molar-refractivity contribution in [1.82, 2.24) is 5.32 Å². The number of ketones is 1. The summed E-state index contributed by atoms with van der Waals surface area (Å²) in [6, 6.07) is -0.439. The van der Waals surface area contributed by atoms with Crippen molar-refractivity contribution in [3.8, 4) is 0 Å². The van der Waals surface area contributed by atoms with Gasteiger partial charge in [0, 0.05) is 12.3 Å². The van der Waals surface area contributed by atoms with Crippen LogP contribution in [-0.4, -0.2) is 23.5 Å². The molecule has 1 atom stereocenters. The Morgan fingerprint density at radius 3 is 2.07 bits per heavy atom. The lowest BCUT2D eigenvalue weighted by atomic mass is 10.0. The largest absolute Gasteiger partial charge is 0.306 e. The molecule has 0 radical (unpaired) electrons. The van der Waals surface area contributed by atoms with Crippen molar-refractivity contribution in [2.45, 2.75) is 40.2 Å². The molecular weight excluding hydrogens is 210 g/mol. The van der Waals surface area contributed by atoms with Gasteiger partial charge in [0.05, 0.1) is 6.04 Å². The topological polar surface area (TPSA) is 46.2 Å². The van der Waals surface area contributed by atoms with Gasteiger partial charge in [-0.15, -0.1) is 12.6 Å². The lowest BCUT2D eigenvalue weighted by Gasteiger charge is -2.17. The van der Waals surface area contributed by atoms with E-state index < -0.39 is 6.04 Å². The second-order valence-corrected chi connectivity index (χ2v) is 4.96. The number of thiol groups is 1. The fraction of sp³-hybridized carbons (Fsp3) is 0.818. The molecule has 0 heterocycles. The number of rotatable bonds is 7. The zero-order valence-corrected chi connectivity index (χ0v) is 10.8. The van der Waals surface area contributed by atoms with E-state index in [9.17, 15) is 9.59 Å². The molecule has 0 aromatic carbocycles. The summed E-state index contributed by atoms with van der Waals surface area (Å²) in [4.78, 5) is 22.6. The number of hydrogen-bond acceptors (Lipinski definition) is 3. The van der Waals surface area contributed by atoms with Crippen molar-refractivity contribution in [2.75, 3.05) is 6.54 Å². The molecule has 3 nitrogen and oxygen atoms in total. The lowest BCUT2D eigenvalue weighted by molar-refractivity contribution is -0.124. The Morgan fingerprint density at radius 1 is 1.20 bits per heavy atom. The van der Waals surface area contributed by atoms with Gasteiger partial charge in [0.15, 0.2) is 0 Å². The van der Waals surface area contributed by atoms with Crippen LogP contribution in [0.1, 0.15) is 34.1 Å². The van der Waals surface area contributed by atoms with Crippen LogP contribution in [0.15, 0.2) is 0 Å². The van der Waals surface area contributed by atoms with Gasteiger partial charge in [0.2, 0.25) is 5.12 Å². The number of carbonyl (C=O) groups excluding carboxylic acids is 2. The third-order valence-electron chi connectivity index (χ3n) is 2.12. The zero-order chi connectivity index (χ0) is 12.0. The summed E-state index contributed by atoms with van der Waals surface area (Å²) in [5.41, 5.74) is 0. The molecule has 0 aliphatic heterocycles. The fourth-order valence-electron chi connectivity index (χ4n) is 1.06. The van der Waals surface area contributed by atoms with Gasteiger partial charge in [-0.05, 0) is 12.5 Å². The summed E-state index contributed by atoms with van der Waals surface area (Å²) in [5.74, 6) is 0.522. The standard InChI is InChI=1S/C11H21NO2S/c1-7(2)6-12-9(11(14)15)5-10(13)8(3)4/h7-9,12H,5-6H2,1-4H3,(H,14,15)/t9-/m1/s1. The van der Waals surface area contributed by atoms with Gasteiger partial charge in [0.25, 0.3) is 0 Å². The molecule has 88 valence electrons. The fourth-order valence-corrected chi connectivity index (χ4v) is 1.24. The first-order valence-electron chi connectivity index (χ1n) is 5.33. The van der Waals surface area contributed by atoms with Gasteiger partial charge in [0.1, 0.15) is 5.78 Å². The van der Waals surface area contributed by atoms with Crippen LogP contribution in [0.2, 0.25) is 0 Å². The molecule has 0 fully saturated rings. The molecular formula is C11H21NO2S. The highest BCUT2D eigenvalue weighted by Crippen LogP contribution is 2.05. The first-order chi connectivity index (χ1) is 6.84. The molecule has 0 rings (SSSR count). The highest BCUT2D eigenvalue weighted by molar-refractivity contribution is 7.96. The van der Waals surface area contributed by atoms with E-state index in [1.807, 2.05) is 13.8 Å². The average Bonchev–Trinajstić information content (AvgIpc) is 2.10. The van der Waals surface area contributed by atoms with E-state index in [2.05, 4.69) is 31.8 Å². The molecule has 0 aliphatic rings. The van der Waals surface area contributed by atoms with Crippen LogP contribution >= 0.6 is 12.6 Å². The molecule has 0 aliphatic carbocycles. The van der Waals surface area contributed by atoms with Crippen LogP contribution < -0.4 is 5.32 Å². The molecule has 0 bridgehead atoms. The zero-order valence-electron chi connectivity index (χ0n) is 9.91. The van der Waals surface area contributed by atoms with Gasteiger partial charge in [-0.3, -0.25) is 9.59 Å². The maximum absolute atomic E-state index is 11.5. The maximum Gasteiger partial charge on any atom is 0.203 e. The second-order valence-electron chi connectivity index (χ2n) is 4.52. The third-order valence-corrected chi connectivity index (χ3v) is 2.43. The Balaban J connectivity index is 4.17. The van der Waals surface area contributed by atoms with Crippen LogP contribution in [0.4, 0.5) is 0 Å². The van der Waals surface area contributed by atoms with E-state index in [-0.39, 0.29) is 23.2 Å². The van der Waals surface area contributed by atoms with Gasteiger partial charge in [-0.2, -0.15) is 0 Å². The van der Waals surface area contributed by atoms with Crippen LogP contribution in [0.3, 0.4) is 0 Å². The minimum Gasteiger partial charge on any atom is -0.306 e. The summed E-state index contributed by atoms with van der Waals surface area (Å²) < 4.78 is 0. The smallest absolute Gasteiger partial charge is 0.203 e. The Kier molecular flexibility index (Phi) is 6.85. The average molecular weight is 231 g/mol. The van der Waals surface area contributed by atoms with Gasteiger partial charge >= 0.3 is 0 Å². The Bertz CT molecular complexity index is 227. The van der Waals surface area contributed by atoms with E-state index in [1.54, 1.807) is 0 Å². The molecule has 4 heteroatoms. The van der Waals surface area contributed by atoms with Gasteiger partial charge < -0.3 is 5.32 Å². The Morgan fingerprint density at radius 2 is 1.73 bits per heavy atom. The maximum atomic E-state index is 11.5. The van der Waals surface area contributed by atoms with E-state index >= 15 is 0 Å². The first-order valence-corrected chi connectivity index (χ1v) is 5.78. The molecule has 0 amide bonds. The first kappa shape index (κ1) is 14.6. The minimum absolute atomic E-state index is 0.0268. The van der Waals surface area contributed by atoms with Crippen LogP contribution in [0.25, 0.3) is 0 Å². The minimum atomic E-state index is -0.439. The van der Waals surface area contributed by atoms with Crippen molar-refractivity contribution in [1.29, 1.82) is 0 Å². The number of carbonyl (C=O) groups is 2. The number of Topliss-reactive ketones (excluding diaryl/α,β-unsaturated/α-hetero) is 1. The summed E-state index contributed by atoms with van der Waals surface area (Å²) in [5, 5.41) is 2.80. The number of nitrogens with one attached hydrogen (secondary N) is 1. The normalized spacial score (nSPS) is 13.3. The highest BCUT2D eigenvalue weighted by atomic mass is 32.1. The van der Waals surface area contributed by atoms with Crippen molar-refractivity contribution in [3.05, 3.63) is 0 Å². The van der Waals surface area contributed by atoms with Crippen molar-refractivity contribution in [3.63, 3.8) is 0 Å². The van der Waals surface area contributed by atoms with Crippen LogP contribution in [0, 0.1) is 11.8 Å². The molecule has 15 heavy (non-hydrogen) atoms. The predicted molar refractivity (Wildman–Crippen MR) is 65.1 cm³/mol. The molecule has 0 saturated carbocycles. The summed E-state index contributed by atoms with van der Waals surface area (Å²) in [7, 11) is 0. The quantitative estimate of drug-likeness (QED) is 0.655. The summed E-state index contributed by atoms with van der Waals surface area (Å²) >= 11 is 3.78. The molecule has 0 aromatic heterocycles. The summed E-state index contributed by atoms with van der Waals surface area (Å²) in [6.07, 6.45) is 0.243. The van der Waals surface area contributed by atoms with E-state index in [0.717, 1.165) is 6.54 Å². The monoisotopic (exact) mass is 231 g/mol. The highest BCUT2D eigenvalue weighted by Gasteiger charge is 2.20.